The van der Waals surface area contributed by atoms with Gasteiger partial charge in [0.15, 0.2) is 6.29 Å². The van der Waals surface area contributed by atoms with Gasteiger partial charge in [0.25, 0.3) is 0 Å². The average molecular weight is 480 g/mol. The molecule has 2 heterocycles. The van der Waals surface area contributed by atoms with Gasteiger partial charge < -0.3 is 10.2 Å². The van der Waals surface area contributed by atoms with Crippen LogP contribution in [0.25, 0.3) is 0 Å². The monoisotopic (exact) mass is 479 g/mol. The number of carbonyl (C=O) groups excluding carboxylic acids is 3. The quantitative estimate of drug-likeness (QED) is 0.688. The topological polar surface area (TPSA) is 85.0 Å². The van der Waals surface area contributed by atoms with Gasteiger partial charge >= 0.3 is 6.03 Å². The Labute approximate surface area is 204 Å². The van der Waals surface area contributed by atoms with Gasteiger partial charge in [-0.15, -0.1) is 0 Å². The van der Waals surface area contributed by atoms with Gasteiger partial charge in [-0.05, 0) is 67.6 Å². The van der Waals surface area contributed by atoms with E-state index < -0.39 is 6.29 Å². The molecule has 0 spiro atoms. The number of nitrogens with zero attached hydrogens (tertiary/aromatic N) is 3. The third-order valence-electron chi connectivity index (χ3n) is 7.04. The smallest absolute Gasteiger partial charge is 0.324 e. The molecule has 9 heteroatoms. The number of fused-ring (bicyclic) bond motifs is 3. The van der Waals surface area contributed by atoms with Crippen molar-refractivity contribution in [2.24, 2.45) is 5.92 Å². The van der Waals surface area contributed by atoms with E-state index in [1.807, 2.05) is 32.0 Å². The number of urea groups is 1. The highest BCUT2D eigenvalue weighted by Gasteiger charge is 2.54. The molecule has 1 aliphatic carbocycles. The summed E-state index contributed by atoms with van der Waals surface area (Å²) >= 11 is 0. The molecule has 0 aromatic heterocycles. The van der Waals surface area contributed by atoms with Crippen LogP contribution in [-0.4, -0.2) is 51.5 Å². The maximum Gasteiger partial charge on any atom is 0.337 e. The molecule has 3 atom stereocenters. The van der Waals surface area contributed by atoms with Gasteiger partial charge in [0.1, 0.15) is 12.4 Å². The summed E-state index contributed by atoms with van der Waals surface area (Å²) in [5, 5.41) is 4.16. The number of aryl methyl sites for hydroxylation is 2. The Kier molecular flexibility index (Phi) is 6.19. The second kappa shape index (κ2) is 9.30. The van der Waals surface area contributed by atoms with Crippen LogP contribution in [0.2, 0.25) is 0 Å². The molecule has 2 aliphatic heterocycles. The minimum atomic E-state index is -0.687. The largest absolute Gasteiger partial charge is 0.337 e. The summed E-state index contributed by atoms with van der Waals surface area (Å²) in [7, 11) is 0. The molecule has 2 aromatic carbocycles. The molecule has 3 unspecified atom stereocenters. The van der Waals surface area contributed by atoms with E-state index in [1.54, 1.807) is 21.9 Å². The molecule has 2 N–H and O–H groups in total. The van der Waals surface area contributed by atoms with E-state index in [2.05, 4.69) is 10.7 Å². The van der Waals surface area contributed by atoms with Crippen LogP contribution in [0, 0.1) is 25.6 Å². The lowest BCUT2D eigenvalue weighted by Crippen LogP contribution is -2.65. The lowest BCUT2D eigenvalue weighted by atomic mass is 9.81. The molecule has 3 aliphatic rings. The van der Waals surface area contributed by atoms with Crippen LogP contribution in [0.1, 0.15) is 42.4 Å². The third kappa shape index (κ3) is 4.60. The molecule has 5 rings (SSSR count). The molecule has 184 valence electrons. The molecule has 0 bridgehead atoms. The van der Waals surface area contributed by atoms with Gasteiger partial charge in [0.05, 0.1) is 5.92 Å². The molecule has 3 fully saturated rings. The van der Waals surface area contributed by atoms with Crippen molar-refractivity contribution in [3.63, 3.8) is 0 Å². The van der Waals surface area contributed by atoms with E-state index in [1.165, 1.54) is 17.1 Å². The van der Waals surface area contributed by atoms with Crippen LogP contribution < -0.4 is 10.7 Å². The van der Waals surface area contributed by atoms with Crippen LogP contribution in [0.5, 0.6) is 0 Å². The average Bonchev–Trinajstić information content (AvgIpc) is 3.13. The van der Waals surface area contributed by atoms with Crippen LogP contribution in [0.15, 0.2) is 42.5 Å². The second-order valence-electron chi connectivity index (χ2n) is 9.75. The summed E-state index contributed by atoms with van der Waals surface area (Å²) in [6, 6.07) is 11.3. The van der Waals surface area contributed by atoms with Crippen molar-refractivity contribution in [1.82, 2.24) is 20.2 Å². The fraction of sp³-hybridized carbons (Fsp3) is 0.423. The van der Waals surface area contributed by atoms with E-state index in [0.717, 1.165) is 42.4 Å². The molecular weight excluding hydrogens is 449 g/mol. The SMILES string of the molecule is Cc1cc(C)cc(NC(=O)CN2NC3N(Cc4ccc(F)cc4)C(=O)C4CCCCC4N3C2=O)c1. The number of hydrogen-bond acceptors (Lipinski definition) is 4. The van der Waals surface area contributed by atoms with Gasteiger partial charge in [0, 0.05) is 18.3 Å². The van der Waals surface area contributed by atoms with Gasteiger partial charge in [-0.25, -0.2) is 14.2 Å². The highest BCUT2D eigenvalue weighted by atomic mass is 19.1. The van der Waals surface area contributed by atoms with E-state index in [4.69, 9.17) is 0 Å². The molecule has 0 radical (unpaired) electrons. The van der Waals surface area contributed by atoms with Crippen molar-refractivity contribution in [2.75, 3.05) is 11.9 Å². The highest BCUT2D eigenvalue weighted by Crippen LogP contribution is 2.38. The molecule has 8 nitrogen and oxygen atoms in total. The van der Waals surface area contributed by atoms with Gasteiger partial charge in [-0.2, -0.15) is 5.43 Å². The van der Waals surface area contributed by atoms with Gasteiger partial charge in [-0.1, -0.05) is 31.0 Å². The molecule has 4 amide bonds. The summed E-state index contributed by atoms with van der Waals surface area (Å²) in [5.74, 6) is -0.951. The number of nitrogens with one attached hydrogen (secondary N) is 2. The first-order valence-electron chi connectivity index (χ1n) is 12.1. The van der Waals surface area contributed by atoms with Crippen molar-refractivity contribution in [3.8, 4) is 0 Å². The Bertz CT molecular complexity index is 1130. The zero-order chi connectivity index (χ0) is 24.7. The number of benzene rings is 2. The summed E-state index contributed by atoms with van der Waals surface area (Å²) in [6.45, 7) is 3.97. The summed E-state index contributed by atoms with van der Waals surface area (Å²) in [5.41, 5.74) is 6.62. The normalized spacial score (nSPS) is 23.9. The fourth-order valence-electron chi connectivity index (χ4n) is 5.56. The van der Waals surface area contributed by atoms with Crippen LogP contribution in [0.4, 0.5) is 14.9 Å². The zero-order valence-electron chi connectivity index (χ0n) is 20.0. The first-order chi connectivity index (χ1) is 16.8. The maximum absolute atomic E-state index is 13.5. The second-order valence-corrected chi connectivity index (χ2v) is 9.75. The number of rotatable bonds is 5. The fourth-order valence-corrected chi connectivity index (χ4v) is 5.56. The Balaban J connectivity index is 1.36. The van der Waals surface area contributed by atoms with Crippen LogP contribution in [-0.2, 0) is 16.1 Å². The Morgan fingerprint density at radius 3 is 2.46 bits per heavy atom. The Hall–Kier alpha value is -3.46. The maximum atomic E-state index is 13.5. The third-order valence-corrected chi connectivity index (χ3v) is 7.04. The molecule has 35 heavy (non-hydrogen) atoms. The highest BCUT2D eigenvalue weighted by molar-refractivity contribution is 5.95. The lowest BCUT2D eigenvalue weighted by Gasteiger charge is -2.48. The summed E-state index contributed by atoms with van der Waals surface area (Å²) in [4.78, 5) is 43.1. The number of amides is 4. The molecule has 2 aromatic rings. The molecule has 2 saturated heterocycles. The van der Waals surface area contributed by atoms with Crippen molar-refractivity contribution < 1.29 is 18.8 Å². The number of halogens is 1. The van der Waals surface area contributed by atoms with E-state index in [0.29, 0.717) is 5.69 Å². The summed E-state index contributed by atoms with van der Waals surface area (Å²) in [6.07, 6.45) is 2.70. The van der Waals surface area contributed by atoms with Gasteiger partial charge in [0.2, 0.25) is 11.8 Å². The number of anilines is 1. The predicted octanol–water partition coefficient (Wildman–Crippen LogP) is 3.51. The standard InChI is InChI=1S/C26H30FN5O3/c1-16-11-17(2)13-20(12-16)28-23(33)15-31-26(35)32-22-6-4-3-5-21(22)24(34)30(25(32)29-31)14-18-7-9-19(27)10-8-18/h7-13,21-22,25,29H,3-6,14-15H2,1-2H3,(H,28,33). The molecule has 1 saturated carbocycles. The number of hydrogen-bond donors (Lipinski definition) is 2. The van der Waals surface area contributed by atoms with Crippen molar-refractivity contribution in [2.45, 2.75) is 58.4 Å². The van der Waals surface area contributed by atoms with Gasteiger partial charge in [-0.3, -0.25) is 14.5 Å². The minimum Gasteiger partial charge on any atom is -0.324 e. The van der Waals surface area contributed by atoms with E-state index >= 15 is 0 Å². The van der Waals surface area contributed by atoms with Crippen LogP contribution in [0.3, 0.4) is 0 Å². The minimum absolute atomic E-state index is 0.0119. The first-order valence-corrected chi connectivity index (χ1v) is 12.1. The van der Waals surface area contributed by atoms with Crippen molar-refractivity contribution in [3.05, 3.63) is 65.0 Å². The van der Waals surface area contributed by atoms with Crippen molar-refractivity contribution >= 4 is 23.5 Å². The van der Waals surface area contributed by atoms with E-state index in [-0.39, 0.29) is 48.7 Å². The summed E-state index contributed by atoms with van der Waals surface area (Å²) < 4.78 is 13.4. The zero-order valence-corrected chi connectivity index (χ0v) is 20.0. The van der Waals surface area contributed by atoms with E-state index in [9.17, 15) is 18.8 Å². The Morgan fingerprint density at radius 1 is 1.06 bits per heavy atom. The number of hydrazine groups is 1. The van der Waals surface area contributed by atoms with Crippen molar-refractivity contribution in [1.29, 1.82) is 0 Å². The predicted molar refractivity (Wildman–Crippen MR) is 128 cm³/mol. The lowest BCUT2D eigenvalue weighted by molar-refractivity contribution is -0.157. The Morgan fingerprint density at radius 2 is 1.74 bits per heavy atom. The molecular formula is C26H30FN5O3. The first kappa shape index (κ1) is 23.3. The van der Waals surface area contributed by atoms with Crippen LogP contribution >= 0.6 is 0 Å². The number of carbonyl (C=O) groups is 3.